The van der Waals surface area contributed by atoms with Gasteiger partial charge in [0.2, 0.25) is 0 Å². The molecule has 1 fully saturated rings. The lowest BCUT2D eigenvalue weighted by Gasteiger charge is -2.29. The number of halogens is 1. The van der Waals surface area contributed by atoms with Crippen LogP contribution < -0.4 is 0 Å². The first kappa shape index (κ1) is 10.9. The predicted octanol–water partition coefficient (Wildman–Crippen LogP) is 3.82. The number of rotatable bonds is 0. The Kier molecular flexibility index (Phi) is 2.27. The van der Waals surface area contributed by atoms with Gasteiger partial charge in [-0.15, -0.1) is 0 Å². The normalized spacial score (nSPS) is 23.3. The maximum absolute atomic E-state index is 6.23. The standard InChI is InChI=1S/C15H17ClN2/c1-9-7-10-13(8-11(9)16)17-12-4-6-18-5-2-3-14(18)15(10)12/h7-8,14,17H,2-6H2,1H3/t14-/m1/s1. The molecule has 1 N–H and O–H groups in total. The summed E-state index contributed by atoms with van der Waals surface area (Å²) < 4.78 is 0. The van der Waals surface area contributed by atoms with Crippen molar-refractivity contribution in [1.29, 1.82) is 0 Å². The lowest BCUT2D eigenvalue weighted by molar-refractivity contribution is 0.244. The Morgan fingerprint density at radius 3 is 3.11 bits per heavy atom. The summed E-state index contributed by atoms with van der Waals surface area (Å²) in [7, 11) is 0. The number of aromatic amines is 1. The van der Waals surface area contributed by atoms with Gasteiger partial charge in [-0.05, 0) is 49.6 Å². The van der Waals surface area contributed by atoms with Crippen molar-refractivity contribution < 1.29 is 0 Å². The Labute approximate surface area is 112 Å². The van der Waals surface area contributed by atoms with Crippen LogP contribution in [0, 0.1) is 6.92 Å². The van der Waals surface area contributed by atoms with Crippen molar-refractivity contribution in [3.63, 3.8) is 0 Å². The zero-order valence-electron chi connectivity index (χ0n) is 10.6. The van der Waals surface area contributed by atoms with Crippen LogP contribution in [-0.2, 0) is 6.42 Å². The van der Waals surface area contributed by atoms with E-state index in [0.717, 1.165) is 11.4 Å². The molecule has 2 aliphatic rings. The molecule has 2 nitrogen and oxygen atoms in total. The molecule has 2 aromatic rings. The summed E-state index contributed by atoms with van der Waals surface area (Å²) in [6.45, 7) is 4.57. The molecule has 94 valence electrons. The van der Waals surface area contributed by atoms with Gasteiger partial charge in [-0.25, -0.2) is 0 Å². The molecule has 0 amide bonds. The van der Waals surface area contributed by atoms with E-state index in [1.54, 1.807) is 5.56 Å². The summed E-state index contributed by atoms with van der Waals surface area (Å²) >= 11 is 6.23. The molecule has 0 radical (unpaired) electrons. The molecule has 0 unspecified atom stereocenters. The summed E-state index contributed by atoms with van der Waals surface area (Å²) in [6, 6.07) is 4.99. The molecule has 0 saturated carbocycles. The average molecular weight is 261 g/mol. The number of aryl methyl sites for hydroxylation is 1. The highest BCUT2D eigenvalue weighted by atomic mass is 35.5. The van der Waals surface area contributed by atoms with E-state index in [2.05, 4.69) is 28.9 Å². The second-order valence-electron chi connectivity index (χ2n) is 5.61. The molecule has 3 heteroatoms. The Bertz CT molecular complexity index is 629. The fraction of sp³-hybridized carbons (Fsp3) is 0.467. The summed E-state index contributed by atoms with van der Waals surface area (Å²) in [5.41, 5.74) is 5.38. The van der Waals surface area contributed by atoms with E-state index in [1.165, 1.54) is 48.1 Å². The van der Waals surface area contributed by atoms with Crippen LogP contribution in [0.5, 0.6) is 0 Å². The number of H-pyrrole nitrogens is 1. The molecule has 0 bridgehead atoms. The molecule has 0 aliphatic carbocycles. The van der Waals surface area contributed by atoms with Crippen LogP contribution in [-0.4, -0.2) is 23.0 Å². The number of aromatic nitrogens is 1. The van der Waals surface area contributed by atoms with Gasteiger partial charge in [-0.2, -0.15) is 0 Å². The number of hydrogen-bond donors (Lipinski definition) is 1. The third-order valence-corrected chi connectivity index (χ3v) is 4.95. The SMILES string of the molecule is Cc1cc2c3c([nH]c2cc1Cl)CCN1CCC[C@H]31. The van der Waals surface area contributed by atoms with Crippen molar-refractivity contribution in [3.8, 4) is 0 Å². The van der Waals surface area contributed by atoms with Crippen molar-refractivity contribution in [2.24, 2.45) is 0 Å². The first-order valence-electron chi connectivity index (χ1n) is 6.78. The highest BCUT2D eigenvalue weighted by Gasteiger charge is 2.33. The van der Waals surface area contributed by atoms with Crippen molar-refractivity contribution in [2.75, 3.05) is 13.1 Å². The van der Waals surface area contributed by atoms with Gasteiger partial charge in [0, 0.05) is 40.6 Å². The van der Waals surface area contributed by atoms with E-state index in [1.807, 2.05) is 0 Å². The highest BCUT2D eigenvalue weighted by molar-refractivity contribution is 6.32. The minimum Gasteiger partial charge on any atom is -0.358 e. The monoisotopic (exact) mass is 260 g/mol. The Balaban J connectivity index is 1.99. The number of fused-ring (bicyclic) bond motifs is 5. The zero-order chi connectivity index (χ0) is 12.3. The Hall–Kier alpha value is -0.990. The van der Waals surface area contributed by atoms with Gasteiger partial charge in [0.1, 0.15) is 0 Å². The number of nitrogens with one attached hydrogen (secondary N) is 1. The Morgan fingerprint density at radius 2 is 2.22 bits per heavy atom. The second-order valence-corrected chi connectivity index (χ2v) is 6.02. The van der Waals surface area contributed by atoms with Gasteiger partial charge in [-0.3, -0.25) is 4.90 Å². The molecule has 3 heterocycles. The van der Waals surface area contributed by atoms with E-state index in [9.17, 15) is 0 Å². The average Bonchev–Trinajstić information content (AvgIpc) is 2.92. The van der Waals surface area contributed by atoms with E-state index >= 15 is 0 Å². The molecule has 2 aliphatic heterocycles. The number of benzene rings is 1. The van der Waals surface area contributed by atoms with Crippen LogP contribution in [0.25, 0.3) is 10.9 Å². The van der Waals surface area contributed by atoms with Crippen LogP contribution >= 0.6 is 11.6 Å². The first-order valence-corrected chi connectivity index (χ1v) is 7.16. The third kappa shape index (κ3) is 1.39. The largest absolute Gasteiger partial charge is 0.358 e. The summed E-state index contributed by atoms with van der Waals surface area (Å²) in [4.78, 5) is 6.22. The van der Waals surface area contributed by atoms with Gasteiger partial charge >= 0.3 is 0 Å². The Morgan fingerprint density at radius 1 is 1.33 bits per heavy atom. The van der Waals surface area contributed by atoms with Crippen LogP contribution in [0.15, 0.2) is 12.1 Å². The van der Waals surface area contributed by atoms with Crippen molar-refractivity contribution in [1.82, 2.24) is 9.88 Å². The number of hydrogen-bond acceptors (Lipinski definition) is 1. The lowest BCUT2D eigenvalue weighted by atomic mass is 9.95. The van der Waals surface area contributed by atoms with E-state index in [-0.39, 0.29) is 0 Å². The molecule has 1 saturated heterocycles. The molecule has 1 atom stereocenters. The van der Waals surface area contributed by atoms with Crippen LogP contribution in [0.2, 0.25) is 5.02 Å². The van der Waals surface area contributed by atoms with Gasteiger partial charge in [0.25, 0.3) is 0 Å². The van der Waals surface area contributed by atoms with Gasteiger partial charge in [0.15, 0.2) is 0 Å². The lowest BCUT2D eigenvalue weighted by Crippen LogP contribution is -2.30. The smallest absolute Gasteiger partial charge is 0.0474 e. The van der Waals surface area contributed by atoms with E-state index in [0.29, 0.717) is 6.04 Å². The minimum atomic E-state index is 0.642. The van der Waals surface area contributed by atoms with Gasteiger partial charge < -0.3 is 4.98 Å². The molecule has 1 aromatic heterocycles. The molecular weight excluding hydrogens is 244 g/mol. The second kappa shape index (κ2) is 3.75. The highest BCUT2D eigenvalue weighted by Crippen LogP contribution is 2.42. The van der Waals surface area contributed by atoms with Crippen LogP contribution in [0.1, 0.15) is 35.7 Å². The predicted molar refractivity (Wildman–Crippen MR) is 75.3 cm³/mol. The maximum atomic E-state index is 6.23. The minimum absolute atomic E-state index is 0.642. The fourth-order valence-corrected chi connectivity index (χ4v) is 3.82. The summed E-state index contributed by atoms with van der Waals surface area (Å²) in [6.07, 6.45) is 3.79. The zero-order valence-corrected chi connectivity index (χ0v) is 11.3. The van der Waals surface area contributed by atoms with Crippen molar-refractivity contribution in [2.45, 2.75) is 32.2 Å². The van der Waals surface area contributed by atoms with E-state index < -0.39 is 0 Å². The quantitative estimate of drug-likeness (QED) is 0.763. The topological polar surface area (TPSA) is 19.0 Å². The van der Waals surface area contributed by atoms with Crippen LogP contribution in [0.3, 0.4) is 0 Å². The molecule has 18 heavy (non-hydrogen) atoms. The van der Waals surface area contributed by atoms with E-state index in [4.69, 9.17) is 11.6 Å². The third-order valence-electron chi connectivity index (χ3n) is 4.55. The fourth-order valence-electron chi connectivity index (χ4n) is 3.65. The molecule has 4 rings (SSSR count). The summed E-state index contributed by atoms with van der Waals surface area (Å²) in [5, 5.41) is 2.26. The number of nitrogens with zero attached hydrogens (tertiary/aromatic N) is 1. The summed E-state index contributed by atoms with van der Waals surface area (Å²) in [5.74, 6) is 0. The van der Waals surface area contributed by atoms with Gasteiger partial charge in [-0.1, -0.05) is 11.6 Å². The first-order chi connectivity index (χ1) is 8.74. The molecule has 1 aromatic carbocycles. The maximum Gasteiger partial charge on any atom is 0.0474 e. The molecule has 0 spiro atoms. The molecular formula is C15H17ClN2. The van der Waals surface area contributed by atoms with Crippen LogP contribution in [0.4, 0.5) is 0 Å². The van der Waals surface area contributed by atoms with Gasteiger partial charge in [0.05, 0.1) is 0 Å². The van der Waals surface area contributed by atoms with Crippen molar-refractivity contribution >= 4 is 22.5 Å². The van der Waals surface area contributed by atoms with Crippen molar-refractivity contribution in [3.05, 3.63) is 34.0 Å².